The summed E-state index contributed by atoms with van der Waals surface area (Å²) in [5.41, 5.74) is 1.70. The predicted octanol–water partition coefficient (Wildman–Crippen LogP) is 4.87. The van der Waals surface area contributed by atoms with Gasteiger partial charge < -0.3 is 10.1 Å². The number of carbonyl (C=O) groups is 1. The van der Waals surface area contributed by atoms with Gasteiger partial charge >= 0.3 is 0 Å². The third-order valence-corrected chi connectivity index (χ3v) is 4.34. The van der Waals surface area contributed by atoms with Gasteiger partial charge in [0.05, 0.1) is 18.6 Å². The van der Waals surface area contributed by atoms with E-state index in [1.807, 2.05) is 24.3 Å². The van der Waals surface area contributed by atoms with Crippen LogP contribution in [-0.2, 0) is 10.5 Å². The minimum Gasteiger partial charge on any atom is -0.495 e. The molecule has 0 aliphatic rings. The highest BCUT2D eigenvalue weighted by molar-refractivity contribution is 7.99. The molecule has 0 saturated heterocycles. The van der Waals surface area contributed by atoms with Gasteiger partial charge in [0.15, 0.2) is 0 Å². The van der Waals surface area contributed by atoms with Crippen molar-refractivity contribution >= 4 is 46.6 Å². The van der Waals surface area contributed by atoms with E-state index in [0.717, 1.165) is 11.3 Å². The van der Waals surface area contributed by atoms with Crippen molar-refractivity contribution in [2.75, 3.05) is 18.2 Å². The average Bonchev–Trinajstić information content (AvgIpc) is 2.49. The third-order valence-electron chi connectivity index (χ3n) is 2.85. The lowest BCUT2D eigenvalue weighted by Gasteiger charge is -2.10. The Labute approximate surface area is 144 Å². The Morgan fingerprint density at radius 2 is 1.82 bits per heavy atom. The van der Waals surface area contributed by atoms with Crippen molar-refractivity contribution in [2.24, 2.45) is 0 Å². The molecule has 2 aromatic carbocycles. The van der Waals surface area contributed by atoms with E-state index in [-0.39, 0.29) is 5.91 Å². The first kappa shape index (κ1) is 17.0. The van der Waals surface area contributed by atoms with E-state index < -0.39 is 0 Å². The van der Waals surface area contributed by atoms with Crippen molar-refractivity contribution < 1.29 is 9.53 Å². The molecule has 0 spiro atoms. The number of nitrogens with one attached hydrogen (secondary N) is 1. The van der Waals surface area contributed by atoms with Crippen molar-refractivity contribution in [1.82, 2.24) is 0 Å². The summed E-state index contributed by atoms with van der Waals surface area (Å²) >= 11 is 13.3. The number of halogens is 2. The van der Waals surface area contributed by atoms with Gasteiger partial charge in [-0.3, -0.25) is 4.79 Å². The topological polar surface area (TPSA) is 38.3 Å². The van der Waals surface area contributed by atoms with E-state index in [4.69, 9.17) is 27.9 Å². The van der Waals surface area contributed by atoms with Crippen molar-refractivity contribution in [3.8, 4) is 5.75 Å². The summed E-state index contributed by atoms with van der Waals surface area (Å²) in [5.74, 6) is 1.58. The fourth-order valence-corrected chi connectivity index (χ4v) is 2.89. The molecule has 3 nitrogen and oxygen atoms in total. The van der Waals surface area contributed by atoms with Crippen molar-refractivity contribution in [3.63, 3.8) is 0 Å². The number of hydrogen-bond donors (Lipinski definition) is 1. The van der Waals surface area contributed by atoms with E-state index >= 15 is 0 Å². The number of hydrogen-bond acceptors (Lipinski definition) is 3. The van der Waals surface area contributed by atoms with Gasteiger partial charge in [-0.25, -0.2) is 0 Å². The number of ether oxygens (including phenoxy) is 1. The minimum atomic E-state index is -0.0977. The van der Waals surface area contributed by atoms with Gasteiger partial charge in [-0.15, -0.1) is 11.8 Å². The molecule has 2 rings (SSSR count). The van der Waals surface area contributed by atoms with Crippen LogP contribution in [0.4, 0.5) is 5.69 Å². The van der Waals surface area contributed by atoms with Gasteiger partial charge in [-0.2, -0.15) is 0 Å². The van der Waals surface area contributed by atoms with Crippen molar-refractivity contribution in [2.45, 2.75) is 5.75 Å². The summed E-state index contributed by atoms with van der Waals surface area (Å²) < 4.78 is 5.19. The number of amides is 1. The standard InChI is InChI=1S/C16H15Cl2NO2S/c1-21-15-7-6-13(18)8-14(15)19-16(20)10-22-9-11-2-4-12(17)5-3-11/h2-8H,9-10H2,1H3,(H,19,20). The second kappa shape index (κ2) is 8.32. The van der Waals surface area contributed by atoms with Gasteiger partial charge in [0.25, 0.3) is 0 Å². The zero-order chi connectivity index (χ0) is 15.9. The van der Waals surface area contributed by atoms with Crippen LogP contribution in [0.3, 0.4) is 0 Å². The van der Waals surface area contributed by atoms with Crippen LogP contribution in [0.5, 0.6) is 5.75 Å². The molecule has 0 fully saturated rings. The van der Waals surface area contributed by atoms with Crippen molar-refractivity contribution in [3.05, 3.63) is 58.1 Å². The quantitative estimate of drug-likeness (QED) is 0.802. The monoisotopic (exact) mass is 355 g/mol. The number of methoxy groups -OCH3 is 1. The summed E-state index contributed by atoms with van der Waals surface area (Å²) in [6.07, 6.45) is 0. The maximum atomic E-state index is 12.0. The molecule has 0 aliphatic heterocycles. The highest BCUT2D eigenvalue weighted by atomic mass is 35.5. The molecule has 2 aromatic rings. The largest absolute Gasteiger partial charge is 0.495 e. The van der Waals surface area contributed by atoms with Crippen LogP contribution in [0.25, 0.3) is 0 Å². The first-order valence-corrected chi connectivity index (χ1v) is 8.45. The lowest BCUT2D eigenvalue weighted by atomic mass is 10.2. The maximum Gasteiger partial charge on any atom is 0.234 e. The fraction of sp³-hybridized carbons (Fsp3) is 0.188. The maximum absolute atomic E-state index is 12.0. The molecule has 0 aliphatic carbocycles. The van der Waals surface area contributed by atoms with Crippen LogP contribution < -0.4 is 10.1 Å². The fourth-order valence-electron chi connectivity index (χ4n) is 1.81. The zero-order valence-corrected chi connectivity index (χ0v) is 14.3. The van der Waals surface area contributed by atoms with Crippen LogP contribution in [0.2, 0.25) is 10.0 Å². The Bertz CT molecular complexity index is 647. The first-order valence-electron chi connectivity index (χ1n) is 6.54. The molecular formula is C16H15Cl2NO2S. The van der Waals surface area contributed by atoms with E-state index in [1.165, 1.54) is 11.8 Å². The third kappa shape index (κ3) is 5.13. The SMILES string of the molecule is COc1ccc(Cl)cc1NC(=O)CSCc1ccc(Cl)cc1. The number of thioether (sulfide) groups is 1. The summed E-state index contributed by atoms with van der Waals surface area (Å²) in [6.45, 7) is 0. The number of benzene rings is 2. The molecule has 0 bridgehead atoms. The second-order valence-electron chi connectivity index (χ2n) is 4.51. The lowest BCUT2D eigenvalue weighted by Crippen LogP contribution is -2.14. The summed E-state index contributed by atoms with van der Waals surface area (Å²) in [5, 5.41) is 4.06. The van der Waals surface area contributed by atoms with E-state index in [2.05, 4.69) is 5.32 Å². The Hall–Kier alpha value is -1.36. The van der Waals surface area contributed by atoms with Crippen LogP contribution in [0, 0.1) is 0 Å². The van der Waals surface area contributed by atoms with Gasteiger partial charge in [-0.05, 0) is 35.9 Å². The molecule has 0 radical (unpaired) electrons. The highest BCUT2D eigenvalue weighted by Gasteiger charge is 2.08. The number of rotatable bonds is 6. The lowest BCUT2D eigenvalue weighted by molar-refractivity contribution is -0.113. The van der Waals surface area contributed by atoms with Crippen LogP contribution in [-0.4, -0.2) is 18.8 Å². The summed E-state index contributed by atoms with van der Waals surface area (Å²) in [6, 6.07) is 12.7. The highest BCUT2D eigenvalue weighted by Crippen LogP contribution is 2.27. The molecule has 1 amide bonds. The Morgan fingerprint density at radius 3 is 2.50 bits per heavy atom. The Balaban J connectivity index is 1.85. The number of carbonyl (C=O) groups excluding carboxylic acids is 1. The minimum absolute atomic E-state index is 0.0977. The molecule has 0 atom stereocenters. The van der Waals surface area contributed by atoms with Crippen molar-refractivity contribution in [1.29, 1.82) is 0 Å². The predicted molar refractivity (Wildman–Crippen MR) is 94.2 cm³/mol. The van der Waals surface area contributed by atoms with E-state index in [0.29, 0.717) is 27.2 Å². The van der Waals surface area contributed by atoms with Crippen LogP contribution >= 0.6 is 35.0 Å². The molecule has 0 heterocycles. The molecule has 0 aromatic heterocycles. The van der Waals surface area contributed by atoms with Gasteiger partial charge in [-0.1, -0.05) is 35.3 Å². The molecular weight excluding hydrogens is 341 g/mol. The normalized spacial score (nSPS) is 10.3. The summed E-state index contributed by atoms with van der Waals surface area (Å²) in [7, 11) is 1.55. The summed E-state index contributed by atoms with van der Waals surface area (Å²) in [4.78, 5) is 12.0. The average molecular weight is 356 g/mol. The Morgan fingerprint density at radius 1 is 1.14 bits per heavy atom. The van der Waals surface area contributed by atoms with Gasteiger partial charge in [0.1, 0.15) is 5.75 Å². The molecule has 1 N–H and O–H groups in total. The molecule has 0 saturated carbocycles. The molecule has 116 valence electrons. The van der Waals surface area contributed by atoms with E-state index in [1.54, 1.807) is 25.3 Å². The smallest absolute Gasteiger partial charge is 0.234 e. The van der Waals surface area contributed by atoms with Crippen LogP contribution in [0.1, 0.15) is 5.56 Å². The number of anilines is 1. The zero-order valence-electron chi connectivity index (χ0n) is 11.9. The molecule has 0 unspecified atom stereocenters. The molecule has 6 heteroatoms. The van der Waals surface area contributed by atoms with Gasteiger partial charge in [0, 0.05) is 15.8 Å². The van der Waals surface area contributed by atoms with Crippen LogP contribution in [0.15, 0.2) is 42.5 Å². The second-order valence-corrected chi connectivity index (χ2v) is 6.37. The van der Waals surface area contributed by atoms with Gasteiger partial charge in [0.2, 0.25) is 5.91 Å². The van der Waals surface area contributed by atoms with E-state index in [9.17, 15) is 4.79 Å². The molecule has 22 heavy (non-hydrogen) atoms. The Kier molecular flexibility index (Phi) is 6.43. The first-order chi connectivity index (χ1) is 10.6.